The smallest absolute Gasteiger partial charge is 0.251 e. The van der Waals surface area contributed by atoms with Gasteiger partial charge in [-0.3, -0.25) is 14.5 Å². The topological polar surface area (TPSA) is 61.4 Å². The fourth-order valence-electron chi connectivity index (χ4n) is 3.51. The largest absolute Gasteiger partial charge is 0.355 e. The molecule has 1 fully saturated rings. The van der Waals surface area contributed by atoms with Crippen molar-refractivity contribution in [2.75, 3.05) is 20.1 Å². The zero-order valence-electron chi connectivity index (χ0n) is 15.8. The van der Waals surface area contributed by atoms with Crippen molar-refractivity contribution in [2.24, 2.45) is 5.92 Å². The maximum Gasteiger partial charge on any atom is 0.251 e. The molecule has 2 N–H and O–H groups in total. The number of nitrogens with zero attached hydrogens (tertiary/aromatic N) is 1. The standard InChI is InChI=1S/C22H27N3O2/c1-23-21(26)19-11-9-17(10-12-19)14-24-22(27)20-8-5-13-25(16-20)15-18-6-3-2-4-7-18/h2-4,6-7,9-12,20H,5,8,13-16H2,1H3,(H,23,26)(H,24,27). The molecule has 2 amide bonds. The fourth-order valence-corrected chi connectivity index (χ4v) is 3.51. The van der Waals surface area contributed by atoms with Crippen LogP contribution in [0.25, 0.3) is 0 Å². The Morgan fingerprint density at radius 1 is 1.04 bits per heavy atom. The summed E-state index contributed by atoms with van der Waals surface area (Å²) >= 11 is 0. The van der Waals surface area contributed by atoms with Gasteiger partial charge in [-0.05, 0) is 42.6 Å². The Balaban J connectivity index is 1.49. The number of amides is 2. The minimum Gasteiger partial charge on any atom is -0.355 e. The molecule has 0 bridgehead atoms. The van der Waals surface area contributed by atoms with Gasteiger partial charge in [0, 0.05) is 32.2 Å². The Bertz CT molecular complexity index is 759. The van der Waals surface area contributed by atoms with E-state index in [4.69, 9.17) is 0 Å². The summed E-state index contributed by atoms with van der Waals surface area (Å²) in [4.78, 5) is 26.5. The van der Waals surface area contributed by atoms with Crippen LogP contribution in [0.1, 0.15) is 34.3 Å². The SMILES string of the molecule is CNC(=O)c1ccc(CNC(=O)C2CCCN(Cc3ccccc3)C2)cc1. The maximum atomic E-state index is 12.6. The number of piperidine rings is 1. The summed E-state index contributed by atoms with van der Waals surface area (Å²) in [5, 5.41) is 5.65. The molecule has 27 heavy (non-hydrogen) atoms. The highest BCUT2D eigenvalue weighted by molar-refractivity contribution is 5.93. The lowest BCUT2D eigenvalue weighted by atomic mass is 9.96. The number of carbonyl (C=O) groups excluding carboxylic acids is 2. The monoisotopic (exact) mass is 365 g/mol. The molecule has 5 heteroatoms. The van der Waals surface area contributed by atoms with Crippen LogP contribution in [-0.2, 0) is 17.9 Å². The second-order valence-corrected chi connectivity index (χ2v) is 7.05. The van der Waals surface area contributed by atoms with Gasteiger partial charge in [0.1, 0.15) is 0 Å². The van der Waals surface area contributed by atoms with Gasteiger partial charge in [-0.1, -0.05) is 42.5 Å². The third kappa shape index (κ3) is 5.41. The van der Waals surface area contributed by atoms with Gasteiger partial charge in [0.15, 0.2) is 0 Å². The second kappa shape index (κ2) is 9.33. The Morgan fingerprint density at radius 2 is 1.78 bits per heavy atom. The molecule has 1 heterocycles. The number of likely N-dealkylation sites (tertiary alicyclic amines) is 1. The van der Waals surface area contributed by atoms with Crippen molar-refractivity contribution in [3.8, 4) is 0 Å². The van der Waals surface area contributed by atoms with Crippen molar-refractivity contribution in [2.45, 2.75) is 25.9 Å². The Hall–Kier alpha value is -2.66. The third-order valence-electron chi connectivity index (χ3n) is 5.04. The van der Waals surface area contributed by atoms with E-state index in [-0.39, 0.29) is 17.7 Å². The van der Waals surface area contributed by atoms with Crippen LogP contribution >= 0.6 is 0 Å². The molecular formula is C22H27N3O2. The predicted molar refractivity (Wildman–Crippen MR) is 106 cm³/mol. The number of nitrogens with one attached hydrogen (secondary N) is 2. The molecule has 1 unspecified atom stereocenters. The van der Waals surface area contributed by atoms with Gasteiger partial charge >= 0.3 is 0 Å². The first kappa shape index (κ1) is 19.1. The molecule has 2 aromatic rings. The summed E-state index contributed by atoms with van der Waals surface area (Å²) in [7, 11) is 1.61. The maximum absolute atomic E-state index is 12.6. The van der Waals surface area contributed by atoms with Crippen molar-refractivity contribution >= 4 is 11.8 Å². The van der Waals surface area contributed by atoms with E-state index < -0.39 is 0 Å². The van der Waals surface area contributed by atoms with Crippen molar-refractivity contribution in [3.63, 3.8) is 0 Å². The van der Waals surface area contributed by atoms with Gasteiger partial charge in [0.25, 0.3) is 5.91 Å². The molecule has 3 rings (SSSR count). The molecule has 0 aromatic heterocycles. The highest BCUT2D eigenvalue weighted by Gasteiger charge is 2.25. The van der Waals surface area contributed by atoms with Gasteiger partial charge in [-0.2, -0.15) is 0 Å². The molecular weight excluding hydrogens is 338 g/mol. The van der Waals surface area contributed by atoms with E-state index in [9.17, 15) is 9.59 Å². The van der Waals surface area contributed by atoms with Crippen LogP contribution < -0.4 is 10.6 Å². The molecule has 1 atom stereocenters. The highest BCUT2D eigenvalue weighted by atomic mass is 16.2. The van der Waals surface area contributed by atoms with Gasteiger partial charge in [0.2, 0.25) is 5.91 Å². The minimum absolute atomic E-state index is 0.0348. The molecule has 142 valence electrons. The molecule has 1 saturated heterocycles. The van der Waals surface area contributed by atoms with E-state index in [1.165, 1.54) is 5.56 Å². The molecule has 1 aliphatic rings. The van der Waals surface area contributed by atoms with Crippen LogP contribution in [0, 0.1) is 5.92 Å². The average molecular weight is 365 g/mol. The fraction of sp³-hybridized carbons (Fsp3) is 0.364. The molecule has 0 aliphatic carbocycles. The van der Waals surface area contributed by atoms with Crippen LogP contribution in [0.15, 0.2) is 54.6 Å². The highest BCUT2D eigenvalue weighted by Crippen LogP contribution is 2.19. The molecule has 0 spiro atoms. The first-order chi connectivity index (χ1) is 13.2. The van der Waals surface area contributed by atoms with E-state index in [0.29, 0.717) is 12.1 Å². The number of rotatable bonds is 6. The Kier molecular flexibility index (Phi) is 6.60. The van der Waals surface area contributed by atoms with Gasteiger partial charge in [-0.15, -0.1) is 0 Å². The summed E-state index contributed by atoms with van der Waals surface area (Å²) in [5.41, 5.74) is 2.90. The Morgan fingerprint density at radius 3 is 2.48 bits per heavy atom. The van der Waals surface area contributed by atoms with Crippen LogP contribution in [0.5, 0.6) is 0 Å². The van der Waals surface area contributed by atoms with Gasteiger partial charge in [-0.25, -0.2) is 0 Å². The molecule has 0 saturated carbocycles. The Labute approximate surface area is 160 Å². The zero-order chi connectivity index (χ0) is 19.1. The first-order valence-electron chi connectivity index (χ1n) is 9.50. The third-order valence-corrected chi connectivity index (χ3v) is 5.04. The van der Waals surface area contributed by atoms with E-state index >= 15 is 0 Å². The van der Waals surface area contributed by atoms with Crippen molar-refractivity contribution < 1.29 is 9.59 Å². The number of hydrogen-bond acceptors (Lipinski definition) is 3. The van der Waals surface area contributed by atoms with Crippen molar-refractivity contribution in [1.29, 1.82) is 0 Å². The quantitative estimate of drug-likeness (QED) is 0.827. The lowest BCUT2D eigenvalue weighted by molar-refractivity contribution is -0.126. The molecule has 2 aromatic carbocycles. The van der Waals surface area contributed by atoms with Crippen LogP contribution in [0.4, 0.5) is 0 Å². The summed E-state index contributed by atoms with van der Waals surface area (Å²) in [6.07, 6.45) is 1.98. The lowest BCUT2D eigenvalue weighted by Gasteiger charge is -2.32. The van der Waals surface area contributed by atoms with Crippen LogP contribution in [-0.4, -0.2) is 36.9 Å². The summed E-state index contributed by atoms with van der Waals surface area (Å²) in [6, 6.07) is 17.7. The van der Waals surface area contributed by atoms with Crippen LogP contribution in [0.2, 0.25) is 0 Å². The normalized spacial score (nSPS) is 17.3. The number of carbonyl (C=O) groups is 2. The van der Waals surface area contributed by atoms with Crippen LogP contribution in [0.3, 0.4) is 0 Å². The van der Waals surface area contributed by atoms with E-state index in [2.05, 4.69) is 39.8 Å². The minimum atomic E-state index is -0.105. The molecule has 1 aliphatic heterocycles. The van der Waals surface area contributed by atoms with E-state index in [1.54, 1.807) is 19.2 Å². The van der Waals surface area contributed by atoms with E-state index in [1.807, 2.05) is 18.2 Å². The predicted octanol–water partition coefficient (Wildman–Crippen LogP) is 2.57. The average Bonchev–Trinajstić information content (AvgIpc) is 2.72. The summed E-state index contributed by atoms with van der Waals surface area (Å²) in [5.74, 6) is 0.0436. The van der Waals surface area contributed by atoms with Gasteiger partial charge in [0.05, 0.1) is 5.92 Å². The first-order valence-corrected chi connectivity index (χ1v) is 9.50. The van der Waals surface area contributed by atoms with E-state index in [0.717, 1.165) is 38.0 Å². The molecule has 5 nitrogen and oxygen atoms in total. The van der Waals surface area contributed by atoms with Gasteiger partial charge < -0.3 is 10.6 Å². The number of benzene rings is 2. The van der Waals surface area contributed by atoms with Crippen molar-refractivity contribution in [3.05, 3.63) is 71.3 Å². The lowest BCUT2D eigenvalue weighted by Crippen LogP contribution is -2.42. The van der Waals surface area contributed by atoms with Crippen molar-refractivity contribution in [1.82, 2.24) is 15.5 Å². The number of hydrogen-bond donors (Lipinski definition) is 2. The molecule has 0 radical (unpaired) electrons. The summed E-state index contributed by atoms with van der Waals surface area (Å²) < 4.78 is 0. The zero-order valence-corrected chi connectivity index (χ0v) is 15.8. The second-order valence-electron chi connectivity index (χ2n) is 7.05. The summed E-state index contributed by atoms with van der Waals surface area (Å²) in [6.45, 7) is 3.23.